The molecule has 134 valence electrons. The molecule has 1 atom stereocenters. The molecule has 0 aliphatic rings. The molecular weight excluding hydrogens is 316 g/mol. The van der Waals surface area contributed by atoms with Crippen molar-refractivity contribution in [1.29, 1.82) is 0 Å². The van der Waals surface area contributed by atoms with E-state index in [0.717, 1.165) is 16.9 Å². The van der Waals surface area contributed by atoms with Crippen LogP contribution in [0.3, 0.4) is 0 Å². The summed E-state index contributed by atoms with van der Waals surface area (Å²) in [7, 11) is 0. The van der Waals surface area contributed by atoms with Crippen LogP contribution in [-0.4, -0.2) is 22.6 Å². The topological polar surface area (TPSA) is 71.5 Å². The van der Waals surface area contributed by atoms with Crippen LogP contribution >= 0.6 is 0 Å². The van der Waals surface area contributed by atoms with Crippen molar-refractivity contribution in [2.75, 3.05) is 6.54 Å². The van der Waals surface area contributed by atoms with Crippen LogP contribution in [0, 0.1) is 11.8 Å². The van der Waals surface area contributed by atoms with E-state index < -0.39 is 5.97 Å². The van der Waals surface area contributed by atoms with E-state index >= 15 is 0 Å². The van der Waals surface area contributed by atoms with Crippen molar-refractivity contribution in [2.45, 2.75) is 33.4 Å². The lowest BCUT2D eigenvalue weighted by Gasteiger charge is -2.16. The summed E-state index contributed by atoms with van der Waals surface area (Å²) in [6.07, 6.45) is 4.18. The number of pyridine rings is 1. The molecule has 0 bridgehead atoms. The Kier molecular flexibility index (Phi) is 7.41. The highest BCUT2D eigenvalue weighted by molar-refractivity contribution is 5.70. The molecular formula is C20H26N2O3. The van der Waals surface area contributed by atoms with Gasteiger partial charge >= 0.3 is 5.97 Å². The minimum Gasteiger partial charge on any atom is -0.489 e. The first kappa shape index (κ1) is 18.9. The second-order valence-corrected chi connectivity index (χ2v) is 6.55. The third kappa shape index (κ3) is 6.55. The molecule has 0 aliphatic heterocycles. The first-order valence-corrected chi connectivity index (χ1v) is 8.59. The van der Waals surface area contributed by atoms with Crippen LogP contribution in [0.25, 0.3) is 0 Å². The molecule has 1 aromatic heterocycles. The monoisotopic (exact) mass is 342 g/mol. The highest BCUT2D eigenvalue weighted by Gasteiger charge is 2.18. The number of nitrogens with zero attached hydrogens (tertiary/aromatic N) is 1. The zero-order valence-electron chi connectivity index (χ0n) is 14.8. The Morgan fingerprint density at radius 2 is 2.04 bits per heavy atom. The Balaban J connectivity index is 1.90. The van der Waals surface area contributed by atoms with Gasteiger partial charge in [0.05, 0.1) is 5.92 Å². The van der Waals surface area contributed by atoms with Gasteiger partial charge in [-0.1, -0.05) is 38.1 Å². The van der Waals surface area contributed by atoms with E-state index in [9.17, 15) is 9.90 Å². The number of carboxylic acid groups (broad SMARTS) is 1. The van der Waals surface area contributed by atoms with Crippen molar-refractivity contribution in [3.05, 3.63) is 59.9 Å². The largest absolute Gasteiger partial charge is 0.489 e. The highest BCUT2D eigenvalue weighted by atomic mass is 16.5. The van der Waals surface area contributed by atoms with Gasteiger partial charge in [-0.3, -0.25) is 9.78 Å². The minimum absolute atomic E-state index is 0.359. The summed E-state index contributed by atoms with van der Waals surface area (Å²) in [6.45, 7) is 5.56. The zero-order valence-corrected chi connectivity index (χ0v) is 14.8. The molecule has 0 aliphatic carbocycles. The van der Waals surface area contributed by atoms with Crippen LogP contribution < -0.4 is 10.1 Å². The minimum atomic E-state index is -0.748. The average Bonchev–Trinajstić information content (AvgIpc) is 2.60. The van der Waals surface area contributed by atoms with Gasteiger partial charge in [0.1, 0.15) is 12.4 Å². The number of para-hydroxylation sites is 1. The molecule has 2 aromatic rings. The van der Waals surface area contributed by atoms with Gasteiger partial charge in [0, 0.05) is 36.6 Å². The SMILES string of the molecule is CC(C)CC(CNCc1ccccc1OCc1cccnc1)C(=O)O. The number of aromatic nitrogens is 1. The summed E-state index contributed by atoms with van der Waals surface area (Å²) < 4.78 is 5.90. The van der Waals surface area contributed by atoms with Gasteiger partial charge in [-0.2, -0.15) is 0 Å². The number of hydrogen-bond acceptors (Lipinski definition) is 4. The van der Waals surface area contributed by atoms with E-state index in [1.165, 1.54) is 0 Å². The number of carboxylic acids is 1. The average molecular weight is 342 g/mol. The third-order valence-electron chi connectivity index (χ3n) is 3.90. The number of nitrogens with one attached hydrogen (secondary N) is 1. The van der Waals surface area contributed by atoms with Gasteiger partial charge < -0.3 is 15.2 Å². The second-order valence-electron chi connectivity index (χ2n) is 6.55. The molecule has 1 aromatic carbocycles. The van der Waals surface area contributed by atoms with Crippen LogP contribution in [0.5, 0.6) is 5.75 Å². The maximum atomic E-state index is 11.3. The Hall–Kier alpha value is -2.40. The maximum Gasteiger partial charge on any atom is 0.307 e. The first-order valence-electron chi connectivity index (χ1n) is 8.59. The van der Waals surface area contributed by atoms with Gasteiger partial charge in [0.15, 0.2) is 0 Å². The molecule has 5 heteroatoms. The maximum absolute atomic E-state index is 11.3. The molecule has 0 radical (unpaired) electrons. The number of aliphatic carboxylic acids is 1. The van der Waals surface area contributed by atoms with Gasteiger partial charge in [0.25, 0.3) is 0 Å². The van der Waals surface area contributed by atoms with Crippen molar-refractivity contribution in [2.24, 2.45) is 11.8 Å². The fourth-order valence-electron chi connectivity index (χ4n) is 2.66. The second kappa shape index (κ2) is 9.79. The fraction of sp³-hybridized carbons (Fsp3) is 0.400. The lowest BCUT2D eigenvalue weighted by atomic mass is 9.97. The third-order valence-corrected chi connectivity index (χ3v) is 3.90. The van der Waals surface area contributed by atoms with Crippen molar-refractivity contribution in [1.82, 2.24) is 10.3 Å². The van der Waals surface area contributed by atoms with Crippen LogP contribution in [0.4, 0.5) is 0 Å². The number of hydrogen-bond donors (Lipinski definition) is 2. The summed E-state index contributed by atoms with van der Waals surface area (Å²) in [5.41, 5.74) is 2.02. The quantitative estimate of drug-likeness (QED) is 0.691. The number of rotatable bonds is 10. The molecule has 25 heavy (non-hydrogen) atoms. The molecule has 2 N–H and O–H groups in total. The van der Waals surface area contributed by atoms with E-state index in [4.69, 9.17) is 4.74 Å². The molecule has 0 saturated heterocycles. The van der Waals surface area contributed by atoms with Crippen molar-refractivity contribution < 1.29 is 14.6 Å². The predicted molar refractivity (Wildman–Crippen MR) is 97.3 cm³/mol. The smallest absolute Gasteiger partial charge is 0.307 e. The summed E-state index contributed by atoms with van der Waals surface area (Å²) >= 11 is 0. The first-order chi connectivity index (χ1) is 12.1. The van der Waals surface area contributed by atoms with E-state index in [-0.39, 0.29) is 5.92 Å². The summed E-state index contributed by atoms with van der Waals surface area (Å²) in [5.74, 6) is 0.0402. The Labute approximate surface area is 149 Å². The van der Waals surface area contributed by atoms with Crippen LogP contribution in [0.1, 0.15) is 31.4 Å². The molecule has 1 unspecified atom stereocenters. The Bertz CT molecular complexity index is 659. The fourth-order valence-corrected chi connectivity index (χ4v) is 2.66. The van der Waals surface area contributed by atoms with E-state index in [2.05, 4.69) is 10.3 Å². The normalized spacial score (nSPS) is 12.1. The standard InChI is InChI=1S/C20H26N2O3/c1-15(2)10-18(20(23)24)13-22-12-17-7-3-4-8-19(17)25-14-16-6-5-9-21-11-16/h3-9,11,15,18,22H,10,12-14H2,1-2H3,(H,23,24). The van der Waals surface area contributed by atoms with Crippen LogP contribution in [0.15, 0.2) is 48.8 Å². The summed E-state index contributed by atoms with van der Waals surface area (Å²) in [5, 5.41) is 12.6. The Morgan fingerprint density at radius 3 is 2.72 bits per heavy atom. The van der Waals surface area contributed by atoms with Crippen molar-refractivity contribution in [3.63, 3.8) is 0 Å². The number of benzene rings is 1. The summed E-state index contributed by atoms with van der Waals surface area (Å²) in [4.78, 5) is 15.4. The molecule has 2 rings (SSSR count). The van der Waals surface area contributed by atoms with Gasteiger partial charge in [0.2, 0.25) is 0 Å². The van der Waals surface area contributed by atoms with E-state index in [1.54, 1.807) is 12.4 Å². The van der Waals surface area contributed by atoms with Gasteiger partial charge in [-0.05, 0) is 24.5 Å². The van der Waals surface area contributed by atoms with Crippen molar-refractivity contribution >= 4 is 5.97 Å². The predicted octanol–water partition coefficient (Wildman–Crippen LogP) is 3.50. The van der Waals surface area contributed by atoms with Gasteiger partial charge in [-0.15, -0.1) is 0 Å². The van der Waals surface area contributed by atoms with Gasteiger partial charge in [-0.25, -0.2) is 0 Å². The van der Waals surface area contributed by atoms with Crippen molar-refractivity contribution in [3.8, 4) is 5.75 Å². The van der Waals surface area contributed by atoms with Crippen LogP contribution in [-0.2, 0) is 17.9 Å². The molecule has 0 spiro atoms. The molecule has 1 heterocycles. The molecule has 5 nitrogen and oxygen atoms in total. The van der Waals surface area contributed by atoms with E-state index in [1.807, 2.05) is 50.2 Å². The molecule has 0 amide bonds. The lowest BCUT2D eigenvalue weighted by Crippen LogP contribution is -2.29. The van der Waals surface area contributed by atoms with Crippen LogP contribution in [0.2, 0.25) is 0 Å². The molecule has 0 fully saturated rings. The lowest BCUT2D eigenvalue weighted by molar-refractivity contribution is -0.142. The Morgan fingerprint density at radius 1 is 1.24 bits per heavy atom. The highest BCUT2D eigenvalue weighted by Crippen LogP contribution is 2.19. The molecule has 0 saturated carbocycles. The zero-order chi connectivity index (χ0) is 18.1. The summed E-state index contributed by atoms with van der Waals surface area (Å²) in [6, 6.07) is 11.7. The number of ether oxygens (including phenoxy) is 1. The number of carbonyl (C=O) groups is 1. The van der Waals surface area contributed by atoms with E-state index in [0.29, 0.717) is 32.0 Å².